The molecule has 4 nitrogen and oxygen atoms in total. The fraction of sp³-hybridized carbons (Fsp3) is 0.500. The summed E-state index contributed by atoms with van der Waals surface area (Å²) < 4.78 is 22.8. The Hall–Kier alpha value is -0.910. The zero-order chi connectivity index (χ0) is 13.1. The maximum atomic E-state index is 11.4. The van der Waals surface area contributed by atoms with E-state index in [1.54, 1.807) is 0 Å². The Morgan fingerprint density at radius 3 is 2.24 bits per heavy atom. The molecule has 0 fully saturated rings. The molecule has 0 aromatic heterocycles. The van der Waals surface area contributed by atoms with Crippen LogP contribution in [-0.4, -0.2) is 37.7 Å². The number of aliphatic hydroxyl groups excluding tert-OH is 1. The molecule has 3 unspecified atom stereocenters. The number of aliphatic hydroxyl groups is 1. The number of hydrogen-bond acceptors (Lipinski definition) is 4. The second-order valence-electron chi connectivity index (χ2n) is 4.28. The monoisotopic (exact) mass is 257 g/mol. The first-order chi connectivity index (χ1) is 7.88. The molecule has 0 radical (unpaired) electrons. The van der Waals surface area contributed by atoms with Gasteiger partial charge < -0.3 is 10.8 Å². The van der Waals surface area contributed by atoms with E-state index in [-0.39, 0.29) is 12.5 Å². The highest BCUT2D eigenvalue weighted by atomic mass is 32.2. The van der Waals surface area contributed by atoms with E-state index in [1.165, 1.54) is 6.92 Å². The van der Waals surface area contributed by atoms with Crippen LogP contribution < -0.4 is 5.73 Å². The average Bonchev–Trinajstić information content (AvgIpc) is 2.29. The number of nitrogens with two attached hydrogens (primary N) is 1. The maximum Gasteiger partial charge on any atom is 0.152 e. The molecule has 0 spiro atoms. The van der Waals surface area contributed by atoms with Crippen molar-refractivity contribution in [3.05, 3.63) is 35.9 Å². The standard InChI is InChI=1S/C12H19NO3S/c1-9(17(2,15)16)12(14)11(8-13)10-6-4-3-5-7-10/h3-7,9,11-12,14H,8,13H2,1-2H3. The molecule has 0 bridgehead atoms. The maximum absolute atomic E-state index is 11.4. The predicted octanol–water partition coefficient (Wildman–Crippen LogP) is 0.523. The average molecular weight is 257 g/mol. The summed E-state index contributed by atoms with van der Waals surface area (Å²) in [7, 11) is -3.27. The number of sulfone groups is 1. The lowest BCUT2D eigenvalue weighted by Crippen LogP contribution is -2.38. The highest BCUT2D eigenvalue weighted by Gasteiger charge is 2.31. The van der Waals surface area contributed by atoms with Crippen LogP contribution in [0.3, 0.4) is 0 Å². The Labute approximate surface area is 102 Å². The zero-order valence-electron chi connectivity index (χ0n) is 10.1. The second kappa shape index (κ2) is 5.62. The smallest absolute Gasteiger partial charge is 0.152 e. The third-order valence-electron chi connectivity index (χ3n) is 3.05. The summed E-state index contributed by atoms with van der Waals surface area (Å²) in [5.74, 6) is -0.360. The first kappa shape index (κ1) is 14.2. The minimum absolute atomic E-state index is 0.213. The third kappa shape index (κ3) is 3.52. The lowest BCUT2D eigenvalue weighted by atomic mass is 9.92. The summed E-state index contributed by atoms with van der Waals surface area (Å²) in [6.07, 6.45) is 0.136. The summed E-state index contributed by atoms with van der Waals surface area (Å²) >= 11 is 0. The van der Waals surface area contributed by atoms with Crippen molar-refractivity contribution in [2.75, 3.05) is 12.8 Å². The predicted molar refractivity (Wildman–Crippen MR) is 68.6 cm³/mol. The fourth-order valence-corrected chi connectivity index (χ4v) is 2.45. The number of hydrogen-bond donors (Lipinski definition) is 2. The van der Waals surface area contributed by atoms with Crippen LogP contribution in [0.25, 0.3) is 0 Å². The summed E-state index contributed by atoms with van der Waals surface area (Å²) in [6.45, 7) is 1.72. The Bertz CT molecular complexity index is 444. The van der Waals surface area contributed by atoms with Crippen LogP contribution in [0.5, 0.6) is 0 Å². The van der Waals surface area contributed by atoms with E-state index in [1.807, 2.05) is 30.3 Å². The minimum atomic E-state index is -3.27. The molecule has 0 saturated heterocycles. The lowest BCUT2D eigenvalue weighted by Gasteiger charge is -2.26. The van der Waals surface area contributed by atoms with Crippen LogP contribution in [0.2, 0.25) is 0 Å². The largest absolute Gasteiger partial charge is 0.391 e. The third-order valence-corrected chi connectivity index (χ3v) is 4.68. The zero-order valence-corrected chi connectivity index (χ0v) is 10.9. The van der Waals surface area contributed by atoms with Crippen LogP contribution >= 0.6 is 0 Å². The van der Waals surface area contributed by atoms with Gasteiger partial charge in [-0.25, -0.2) is 8.42 Å². The molecule has 0 saturated carbocycles. The van der Waals surface area contributed by atoms with Gasteiger partial charge in [0.1, 0.15) is 0 Å². The molecule has 0 aliphatic rings. The molecule has 5 heteroatoms. The lowest BCUT2D eigenvalue weighted by molar-refractivity contribution is 0.144. The first-order valence-electron chi connectivity index (χ1n) is 5.50. The summed E-state index contributed by atoms with van der Waals surface area (Å²) in [5, 5.41) is 9.28. The van der Waals surface area contributed by atoms with Gasteiger partial charge >= 0.3 is 0 Å². The SMILES string of the molecule is CC(C(O)C(CN)c1ccccc1)S(C)(=O)=O. The van der Waals surface area contributed by atoms with Gasteiger partial charge in [-0.3, -0.25) is 0 Å². The molecular formula is C12H19NO3S. The van der Waals surface area contributed by atoms with Gasteiger partial charge in [0.25, 0.3) is 0 Å². The van der Waals surface area contributed by atoms with E-state index in [9.17, 15) is 13.5 Å². The molecule has 1 aromatic rings. The summed E-state index contributed by atoms with van der Waals surface area (Å²) in [6, 6.07) is 9.24. The fourth-order valence-electron chi connectivity index (χ4n) is 1.75. The van der Waals surface area contributed by atoms with Crippen molar-refractivity contribution in [2.24, 2.45) is 5.73 Å². The van der Waals surface area contributed by atoms with E-state index in [4.69, 9.17) is 5.73 Å². The topological polar surface area (TPSA) is 80.4 Å². The van der Waals surface area contributed by atoms with Gasteiger partial charge in [-0.15, -0.1) is 0 Å². The van der Waals surface area contributed by atoms with Crippen molar-refractivity contribution >= 4 is 9.84 Å². The van der Waals surface area contributed by atoms with Gasteiger partial charge in [0, 0.05) is 18.7 Å². The van der Waals surface area contributed by atoms with E-state index in [0.29, 0.717) is 0 Å². The molecule has 17 heavy (non-hydrogen) atoms. The van der Waals surface area contributed by atoms with Gasteiger partial charge in [-0.05, 0) is 12.5 Å². The van der Waals surface area contributed by atoms with Gasteiger partial charge in [0.05, 0.1) is 11.4 Å². The van der Waals surface area contributed by atoms with Crippen LogP contribution in [0.1, 0.15) is 18.4 Å². The van der Waals surface area contributed by atoms with E-state index < -0.39 is 21.2 Å². The molecule has 0 aliphatic heterocycles. The van der Waals surface area contributed by atoms with Gasteiger partial charge in [0.15, 0.2) is 9.84 Å². The molecule has 1 rings (SSSR count). The van der Waals surface area contributed by atoms with Crippen LogP contribution in [0.15, 0.2) is 30.3 Å². The summed E-state index contributed by atoms with van der Waals surface area (Å²) in [4.78, 5) is 0. The normalized spacial score (nSPS) is 17.4. The molecular weight excluding hydrogens is 238 g/mol. The van der Waals surface area contributed by atoms with Crippen molar-refractivity contribution in [3.63, 3.8) is 0 Å². The highest BCUT2D eigenvalue weighted by Crippen LogP contribution is 2.23. The van der Waals surface area contributed by atoms with Gasteiger partial charge in [-0.2, -0.15) is 0 Å². The Morgan fingerprint density at radius 2 is 1.82 bits per heavy atom. The van der Waals surface area contributed by atoms with Gasteiger partial charge in [0.2, 0.25) is 0 Å². The molecule has 3 N–H and O–H groups in total. The van der Waals surface area contributed by atoms with Crippen molar-refractivity contribution in [2.45, 2.75) is 24.2 Å². The van der Waals surface area contributed by atoms with E-state index in [2.05, 4.69) is 0 Å². The van der Waals surface area contributed by atoms with Crippen LogP contribution in [0, 0.1) is 0 Å². The summed E-state index contributed by atoms with van der Waals surface area (Å²) in [5.41, 5.74) is 6.49. The molecule has 0 amide bonds. The minimum Gasteiger partial charge on any atom is -0.391 e. The molecule has 3 atom stereocenters. The van der Waals surface area contributed by atoms with Crippen molar-refractivity contribution in [1.29, 1.82) is 0 Å². The van der Waals surface area contributed by atoms with Gasteiger partial charge in [-0.1, -0.05) is 30.3 Å². The van der Waals surface area contributed by atoms with Crippen LogP contribution in [0.4, 0.5) is 0 Å². The molecule has 0 aliphatic carbocycles. The molecule has 96 valence electrons. The quantitative estimate of drug-likeness (QED) is 0.806. The number of benzene rings is 1. The van der Waals surface area contributed by atoms with E-state index in [0.717, 1.165) is 11.8 Å². The molecule has 0 heterocycles. The molecule has 1 aromatic carbocycles. The highest BCUT2D eigenvalue weighted by molar-refractivity contribution is 7.91. The Morgan fingerprint density at radius 1 is 1.29 bits per heavy atom. The van der Waals surface area contributed by atoms with Crippen molar-refractivity contribution < 1.29 is 13.5 Å². The van der Waals surface area contributed by atoms with Crippen molar-refractivity contribution in [1.82, 2.24) is 0 Å². The Balaban J connectivity index is 2.97. The van der Waals surface area contributed by atoms with Crippen molar-refractivity contribution in [3.8, 4) is 0 Å². The Kier molecular flexibility index (Phi) is 4.68. The van der Waals surface area contributed by atoms with E-state index >= 15 is 0 Å². The second-order valence-corrected chi connectivity index (χ2v) is 6.68. The first-order valence-corrected chi connectivity index (χ1v) is 7.45. The number of rotatable bonds is 5. The van der Waals surface area contributed by atoms with Crippen LogP contribution in [-0.2, 0) is 9.84 Å².